The molecule has 2 aromatic rings. The van der Waals surface area contributed by atoms with E-state index in [4.69, 9.17) is 5.26 Å². The minimum Gasteiger partial charge on any atom is -0.379 e. The number of nitrogens with zero attached hydrogens (tertiary/aromatic N) is 4. The topological polar surface area (TPSA) is 66.5 Å². The van der Waals surface area contributed by atoms with Gasteiger partial charge in [0, 0.05) is 17.4 Å². The van der Waals surface area contributed by atoms with Crippen molar-refractivity contribution in [2.45, 2.75) is 31.5 Å². The van der Waals surface area contributed by atoms with Crippen LogP contribution in [0, 0.1) is 11.3 Å². The highest BCUT2D eigenvalue weighted by Crippen LogP contribution is 2.34. The van der Waals surface area contributed by atoms with E-state index in [0.717, 1.165) is 31.0 Å². The molecule has 8 heteroatoms. The van der Waals surface area contributed by atoms with Crippen molar-refractivity contribution in [2.75, 3.05) is 5.32 Å². The highest BCUT2D eigenvalue weighted by molar-refractivity contribution is 5.56. The number of halogens is 3. The van der Waals surface area contributed by atoms with Crippen LogP contribution in [0.25, 0.3) is 5.70 Å². The molecule has 0 fully saturated rings. The molecular formula is C16H14F3N5. The van der Waals surface area contributed by atoms with Crippen molar-refractivity contribution in [1.82, 2.24) is 14.8 Å². The van der Waals surface area contributed by atoms with Crippen LogP contribution in [0.3, 0.4) is 0 Å². The molecule has 1 N–H and O–H groups in total. The average Bonchev–Trinajstić information content (AvgIpc) is 3.09. The molecule has 0 aliphatic heterocycles. The highest BCUT2D eigenvalue weighted by atomic mass is 19.4. The molecule has 24 heavy (non-hydrogen) atoms. The summed E-state index contributed by atoms with van der Waals surface area (Å²) in [5.41, 5.74) is -0.00909. The van der Waals surface area contributed by atoms with E-state index in [0.29, 0.717) is 5.69 Å². The summed E-state index contributed by atoms with van der Waals surface area (Å²) in [6.07, 6.45) is 2.96. The highest BCUT2D eigenvalue weighted by Gasteiger charge is 2.34. The predicted molar refractivity (Wildman–Crippen MR) is 81.7 cm³/mol. The maximum atomic E-state index is 13.0. The van der Waals surface area contributed by atoms with E-state index in [1.165, 1.54) is 18.5 Å². The lowest BCUT2D eigenvalue weighted by Gasteiger charge is -2.23. The van der Waals surface area contributed by atoms with Crippen LogP contribution < -0.4 is 5.32 Å². The molecule has 1 aromatic carbocycles. The van der Waals surface area contributed by atoms with Gasteiger partial charge >= 0.3 is 6.18 Å². The van der Waals surface area contributed by atoms with Crippen LogP contribution in [0.5, 0.6) is 0 Å². The number of alkyl halides is 3. The third-order valence-corrected chi connectivity index (χ3v) is 3.85. The van der Waals surface area contributed by atoms with Crippen molar-refractivity contribution in [2.24, 2.45) is 0 Å². The molecule has 3 rings (SSSR count). The first kappa shape index (κ1) is 16.1. The monoisotopic (exact) mass is 333 g/mol. The van der Waals surface area contributed by atoms with Crippen LogP contribution in [0.4, 0.5) is 18.9 Å². The Morgan fingerprint density at radius 2 is 2.17 bits per heavy atom. The average molecular weight is 333 g/mol. The summed E-state index contributed by atoms with van der Waals surface area (Å²) >= 11 is 0. The first-order valence-electron chi connectivity index (χ1n) is 7.41. The van der Waals surface area contributed by atoms with E-state index >= 15 is 0 Å². The third kappa shape index (κ3) is 3.40. The molecule has 0 bridgehead atoms. The van der Waals surface area contributed by atoms with Crippen molar-refractivity contribution >= 4 is 11.4 Å². The number of nitriles is 1. The van der Waals surface area contributed by atoms with Crippen molar-refractivity contribution in [1.29, 1.82) is 5.26 Å². The number of hydrogen-bond acceptors (Lipinski definition) is 4. The Balaban J connectivity index is 1.84. The second-order valence-electron chi connectivity index (χ2n) is 5.51. The molecule has 5 nitrogen and oxygen atoms in total. The van der Waals surface area contributed by atoms with E-state index in [9.17, 15) is 13.2 Å². The van der Waals surface area contributed by atoms with Crippen LogP contribution in [0.2, 0.25) is 0 Å². The number of allylic oxidation sites excluding steroid dienone is 1. The fourth-order valence-electron chi connectivity index (χ4n) is 2.74. The molecule has 124 valence electrons. The molecule has 0 spiro atoms. The van der Waals surface area contributed by atoms with Gasteiger partial charge in [-0.1, -0.05) is 0 Å². The van der Waals surface area contributed by atoms with Gasteiger partial charge in [0.1, 0.15) is 12.7 Å². The summed E-state index contributed by atoms with van der Waals surface area (Å²) in [5.74, 6) is 0. The summed E-state index contributed by atoms with van der Waals surface area (Å²) < 4.78 is 40.8. The molecule has 1 atom stereocenters. The van der Waals surface area contributed by atoms with Crippen LogP contribution in [-0.2, 0) is 6.18 Å². The molecule has 1 aromatic heterocycles. The van der Waals surface area contributed by atoms with Gasteiger partial charge in [-0.3, -0.25) is 0 Å². The Labute approximate surface area is 136 Å². The molecular weight excluding hydrogens is 319 g/mol. The van der Waals surface area contributed by atoms with E-state index in [2.05, 4.69) is 15.4 Å². The number of nitrogens with one attached hydrogen (secondary N) is 1. The molecule has 0 amide bonds. The zero-order valence-corrected chi connectivity index (χ0v) is 12.6. The number of anilines is 1. The smallest absolute Gasteiger partial charge is 0.379 e. The lowest BCUT2D eigenvalue weighted by Crippen LogP contribution is -2.22. The van der Waals surface area contributed by atoms with Gasteiger partial charge in [-0.15, -0.1) is 0 Å². The van der Waals surface area contributed by atoms with E-state index in [1.54, 1.807) is 17.1 Å². The van der Waals surface area contributed by atoms with Gasteiger partial charge in [-0.05, 0) is 43.5 Å². The van der Waals surface area contributed by atoms with Gasteiger partial charge in [0.25, 0.3) is 0 Å². The minimum atomic E-state index is -4.56. The van der Waals surface area contributed by atoms with Crippen LogP contribution in [0.15, 0.2) is 36.9 Å². The van der Waals surface area contributed by atoms with Crippen LogP contribution in [-0.4, -0.2) is 20.8 Å². The SMILES string of the molecule is N#Cc1ccc(NC2C=C(n3cncn3)CCC2)cc1C(F)(F)F. The van der Waals surface area contributed by atoms with Gasteiger partial charge in [0.2, 0.25) is 0 Å². The van der Waals surface area contributed by atoms with Crippen molar-refractivity contribution in [3.8, 4) is 6.07 Å². The van der Waals surface area contributed by atoms with Gasteiger partial charge in [0.15, 0.2) is 0 Å². The number of rotatable bonds is 3. The fourth-order valence-corrected chi connectivity index (χ4v) is 2.74. The Kier molecular flexibility index (Phi) is 4.25. The van der Waals surface area contributed by atoms with E-state index in [-0.39, 0.29) is 11.6 Å². The van der Waals surface area contributed by atoms with Crippen molar-refractivity contribution < 1.29 is 13.2 Å². The Bertz CT molecular complexity index is 787. The molecule has 1 aliphatic rings. The summed E-state index contributed by atoms with van der Waals surface area (Å²) in [7, 11) is 0. The maximum absolute atomic E-state index is 13.0. The summed E-state index contributed by atoms with van der Waals surface area (Å²) in [6.45, 7) is 0. The minimum absolute atomic E-state index is 0.105. The quantitative estimate of drug-likeness (QED) is 0.930. The van der Waals surface area contributed by atoms with E-state index < -0.39 is 11.7 Å². The molecule has 0 saturated carbocycles. The lowest BCUT2D eigenvalue weighted by atomic mass is 9.99. The zero-order chi connectivity index (χ0) is 17.2. The summed E-state index contributed by atoms with van der Waals surface area (Å²) in [4.78, 5) is 3.90. The second kappa shape index (κ2) is 6.35. The predicted octanol–water partition coefficient (Wildman–Crippen LogP) is 3.67. The van der Waals surface area contributed by atoms with Crippen LogP contribution in [0.1, 0.15) is 30.4 Å². The van der Waals surface area contributed by atoms with Crippen LogP contribution >= 0.6 is 0 Å². The molecule has 1 aliphatic carbocycles. The molecule has 0 radical (unpaired) electrons. The molecule has 1 unspecified atom stereocenters. The number of benzene rings is 1. The first-order valence-corrected chi connectivity index (χ1v) is 7.41. The Morgan fingerprint density at radius 1 is 1.33 bits per heavy atom. The van der Waals surface area contributed by atoms with Gasteiger partial charge < -0.3 is 5.32 Å². The van der Waals surface area contributed by atoms with Gasteiger partial charge in [-0.25, -0.2) is 9.67 Å². The van der Waals surface area contributed by atoms with Crippen molar-refractivity contribution in [3.05, 3.63) is 48.1 Å². The summed E-state index contributed by atoms with van der Waals surface area (Å²) in [5, 5.41) is 16.0. The molecule has 0 saturated heterocycles. The fraction of sp³-hybridized carbons (Fsp3) is 0.312. The van der Waals surface area contributed by atoms with Gasteiger partial charge in [-0.2, -0.15) is 23.5 Å². The Hall–Kier alpha value is -2.82. The van der Waals surface area contributed by atoms with Crippen molar-refractivity contribution in [3.63, 3.8) is 0 Å². The first-order chi connectivity index (χ1) is 11.5. The number of aromatic nitrogens is 3. The van der Waals surface area contributed by atoms with E-state index in [1.807, 2.05) is 6.08 Å². The Morgan fingerprint density at radius 3 is 2.83 bits per heavy atom. The van der Waals surface area contributed by atoms with Gasteiger partial charge in [0.05, 0.1) is 17.2 Å². The number of hydrogen-bond donors (Lipinski definition) is 1. The lowest BCUT2D eigenvalue weighted by molar-refractivity contribution is -0.137. The zero-order valence-electron chi connectivity index (χ0n) is 12.6. The maximum Gasteiger partial charge on any atom is 0.417 e. The third-order valence-electron chi connectivity index (χ3n) is 3.85. The second-order valence-corrected chi connectivity index (χ2v) is 5.51. The largest absolute Gasteiger partial charge is 0.417 e. The summed E-state index contributed by atoms with van der Waals surface area (Å²) in [6, 6.07) is 5.14. The standard InChI is InChI=1S/C16H14F3N5/c17-16(18,19)15-7-13(5-4-11(15)8-20)23-12-2-1-3-14(6-12)24-10-21-9-22-24/h4-7,9-10,12,23H,1-3H2. The molecule has 1 heterocycles. The normalized spacial score (nSPS) is 17.9.